The Balaban J connectivity index is 1.63. The Labute approximate surface area is 218 Å². The molecule has 0 saturated carbocycles. The van der Waals surface area contributed by atoms with Crippen LogP contribution in [0.25, 0.3) is 6.08 Å². The van der Waals surface area contributed by atoms with Gasteiger partial charge in [0.25, 0.3) is 5.56 Å². The molecule has 0 spiro atoms. The molecule has 0 unspecified atom stereocenters. The Morgan fingerprint density at radius 1 is 1.17 bits per heavy atom. The maximum absolute atomic E-state index is 13.8. The first-order valence-corrected chi connectivity index (χ1v) is 13.4. The zero-order valence-corrected chi connectivity index (χ0v) is 22.2. The zero-order valence-electron chi connectivity index (χ0n) is 20.6. The van der Waals surface area contributed by atoms with Gasteiger partial charge in [0.05, 0.1) is 28.5 Å². The summed E-state index contributed by atoms with van der Waals surface area (Å²) in [6, 6.07) is 12.9. The number of ether oxygens (including phenoxy) is 1. The first-order chi connectivity index (χ1) is 17.4. The van der Waals surface area contributed by atoms with Crippen LogP contribution in [-0.4, -0.2) is 30.2 Å². The lowest BCUT2D eigenvalue weighted by molar-refractivity contribution is -0.139. The Morgan fingerprint density at radius 3 is 2.56 bits per heavy atom. The maximum Gasteiger partial charge on any atom is 0.338 e. The van der Waals surface area contributed by atoms with Gasteiger partial charge in [-0.05, 0) is 80.6 Å². The average Bonchev–Trinajstić information content (AvgIpc) is 3.49. The number of hydrogen-bond acceptors (Lipinski definition) is 6. The van der Waals surface area contributed by atoms with Crippen LogP contribution in [0, 0.1) is 6.92 Å². The van der Waals surface area contributed by atoms with Gasteiger partial charge >= 0.3 is 5.97 Å². The minimum Gasteiger partial charge on any atom is -0.463 e. The van der Waals surface area contributed by atoms with Gasteiger partial charge < -0.3 is 9.64 Å². The summed E-state index contributed by atoms with van der Waals surface area (Å²) >= 11 is 7.46. The summed E-state index contributed by atoms with van der Waals surface area (Å²) < 4.78 is 7.52. The van der Waals surface area contributed by atoms with Crippen molar-refractivity contribution in [2.75, 3.05) is 24.6 Å². The molecule has 2 aliphatic heterocycles. The second-order valence-corrected chi connectivity index (χ2v) is 10.5. The van der Waals surface area contributed by atoms with Gasteiger partial charge in [-0.1, -0.05) is 41.1 Å². The summed E-state index contributed by atoms with van der Waals surface area (Å²) in [5.74, 6) is -0.471. The second-order valence-electron chi connectivity index (χ2n) is 9.09. The molecule has 2 aromatic carbocycles. The molecule has 0 bridgehead atoms. The van der Waals surface area contributed by atoms with Crippen molar-refractivity contribution in [3.05, 3.63) is 95.1 Å². The van der Waals surface area contributed by atoms with Gasteiger partial charge in [-0.15, -0.1) is 0 Å². The highest BCUT2D eigenvalue weighted by Crippen LogP contribution is 2.31. The van der Waals surface area contributed by atoms with E-state index in [4.69, 9.17) is 16.3 Å². The van der Waals surface area contributed by atoms with E-state index in [-0.39, 0.29) is 12.2 Å². The Morgan fingerprint density at radius 2 is 1.89 bits per heavy atom. The highest BCUT2D eigenvalue weighted by molar-refractivity contribution is 7.07. The minimum atomic E-state index is -0.640. The van der Waals surface area contributed by atoms with E-state index in [1.165, 1.54) is 29.9 Å². The van der Waals surface area contributed by atoms with Crippen LogP contribution in [0.1, 0.15) is 49.4 Å². The highest BCUT2D eigenvalue weighted by Gasteiger charge is 2.33. The first-order valence-electron chi connectivity index (χ1n) is 12.2. The predicted molar refractivity (Wildman–Crippen MR) is 144 cm³/mol. The van der Waals surface area contributed by atoms with Crippen molar-refractivity contribution in [3.8, 4) is 0 Å². The maximum atomic E-state index is 13.8. The van der Waals surface area contributed by atoms with Gasteiger partial charge in [0, 0.05) is 23.8 Å². The third kappa shape index (κ3) is 4.53. The number of anilines is 1. The molecule has 0 aliphatic carbocycles. The number of fused-ring (bicyclic) bond motifs is 1. The molecule has 1 saturated heterocycles. The molecule has 6 nitrogen and oxygen atoms in total. The molecule has 3 heterocycles. The van der Waals surface area contributed by atoms with Crippen LogP contribution in [0.2, 0.25) is 5.02 Å². The van der Waals surface area contributed by atoms with E-state index in [0.717, 1.165) is 29.8 Å². The van der Waals surface area contributed by atoms with E-state index >= 15 is 0 Å². The SMILES string of the molecule is CCOC(=O)C1=C(C)N=c2s/c(=C/c3ccc(N4CCCC4)cc3C)c(=O)n2[C@H]1c1ccc(Cl)cc1. The van der Waals surface area contributed by atoms with Crippen molar-refractivity contribution in [2.24, 2.45) is 4.99 Å². The number of allylic oxidation sites excluding steroid dienone is 1. The number of rotatable bonds is 5. The van der Waals surface area contributed by atoms with Crippen LogP contribution in [0.4, 0.5) is 5.69 Å². The van der Waals surface area contributed by atoms with Crippen LogP contribution in [0.3, 0.4) is 0 Å². The number of benzene rings is 2. The van der Waals surface area contributed by atoms with Crippen molar-refractivity contribution >= 4 is 40.7 Å². The third-order valence-electron chi connectivity index (χ3n) is 6.71. The van der Waals surface area contributed by atoms with E-state index in [1.54, 1.807) is 30.5 Å². The molecule has 1 atom stereocenters. The molecule has 2 aliphatic rings. The van der Waals surface area contributed by atoms with Crippen molar-refractivity contribution in [1.29, 1.82) is 0 Å². The fourth-order valence-electron chi connectivity index (χ4n) is 4.89. The molecule has 0 amide bonds. The quantitative estimate of drug-likeness (QED) is 0.468. The number of nitrogens with zero attached hydrogens (tertiary/aromatic N) is 3. The van der Waals surface area contributed by atoms with E-state index < -0.39 is 12.0 Å². The zero-order chi connectivity index (χ0) is 25.4. The number of thiazole rings is 1. The fraction of sp³-hybridized carbons (Fsp3) is 0.321. The third-order valence-corrected chi connectivity index (χ3v) is 7.95. The van der Waals surface area contributed by atoms with E-state index in [9.17, 15) is 9.59 Å². The van der Waals surface area contributed by atoms with E-state index in [2.05, 4.69) is 35.0 Å². The Hall–Kier alpha value is -3.16. The summed E-state index contributed by atoms with van der Waals surface area (Å²) in [4.78, 5) is 34.3. The van der Waals surface area contributed by atoms with Gasteiger partial charge in [-0.3, -0.25) is 9.36 Å². The smallest absolute Gasteiger partial charge is 0.338 e. The van der Waals surface area contributed by atoms with E-state index in [0.29, 0.717) is 25.6 Å². The van der Waals surface area contributed by atoms with Crippen LogP contribution in [-0.2, 0) is 9.53 Å². The monoisotopic (exact) mass is 521 g/mol. The van der Waals surface area contributed by atoms with Crippen LogP contribution in [0.15, 0.2) is 63.5 Å². The molecule has 1 aromatic heterocycles. The summed E-state index contributed by atoms with van der Waals surface area (Å²) in [5.41, 5.74) is 4.83. The highest BCUT2D eigenvalue weighted by atomic mass is 35.5. The molecule has 0 N–H and O–H groups in total. The standard InChI is InChI=1S/C28H28ClN3O3S/c1-4-35-27(34)24-18(3)30-28-32(25(24)19-7-10-21(29)11-8-19)26(33)23(36-28)16-20-9-12-22(15-17(20)2)31-13-5-6-14-31/h7-12,15-16,25H,4-6,13-14H2,1-3H3/b23-16+/t25-/m0/s1. The first kappa shape index (κ1) is 24.5. The number of aryl methyl sites for hydroxylation is 1. The van der Waals surface area contributed by atoms with Gasteiger partial charge in [0.1, 0.15) is 0 Å². The molecule has 8 heteroatoms. The van der Waals surface area contributed by atoms with Crippen LogP contribution in [0.5, 0.6) is 0 Å². The van der Waals surface area contributed by atoms with E-state index in [1.807, 2.05) is 18.2 Å². The summed E-state index contributed by atoms with van der Waals surface area (Å²) in [7, 11) is 0. The molecule has 0 radical (unpaired) electrons. The van der Waals surface area contributed by atoms with Crippen molar-refractivity contribution < 1.29 is 9.53 Å². The predicted octanol–water partition coefficient (Wildman–Crippen LogP) is 4.36. The van der Waals surface area contributed by atoms with Gasteiger partial charge in [0.15, 0.2) is 4.80 Å². The molecule has 5 rings (SSSR count). The number of carbonyl (C=O) groups is 1. The average molecular weight is 522 g/mol. The normalized spacial score (nSPS) is 17.8. The van der Waals surface area contributed by atoms with Gasteiger partial charge in [-0.2, -0.15) is 0 Å². The lowest BCUT2D eigenvalue weighted by Gasteiger charge is -2.24. The topological polar surface area (TPSA) is 63.9 Å². The molecule has 3 aromatic rings. The molecular formula is C28H28ClN3O3S. The number of halogens is 1. The lowest BCUT2D eigenvalue weighted by atomic mass is 9.96. The lowest BCUT2D eigenvalue weighted by Crippen LogP contribution is -2.39. The minimum absolute atomic E-state index is 0.184. The van der Waals surface area contributed by atoms with Crippen molar-refractivity contribution in [3.63, 3.8) is 0 Å². The summed E-state index contributed by atoms with van der Waals surface area (Å²) in [6.07, 6.45) is 4.38. The Kier molecular flexibility index (Phi) is 6.86. The summed E-state index contributed by atoms with van der Waals surface area (Å²) in [6.45, 7) is 8.03. The number of hydrogen-bond donors (Lipinski definition) is 0. The molecule has 36 heavy (non-hydrogen) atoms. The Bertz CT molecular complexity index is 1530. The van der Waals surface area contributed by atoms with Crippen molar-refractivity contribution in [1.82, 2.24) is 4.57 Å². The van der Waals surface area contributed by atoms with Gasteiger partial charge in [0.2, 0.25) is 0 Å². The fourth-order valence-corrected chi connectivity index (χ4v) is 6.05. The van der Waals surface area contributed by atoms with Gasteiger partial charge in [-0.25, -0.2) is 9.79 Å². The number of esters is 1. The van der Waals surface area contributed by atoms with Crippen LogP contribution < -0.4 is 19.8 Å². The number of aromatic nitrogens is 1. The molecule has 1 fully saturated rings. The largest absolute Gasteiger partial charge is 0.463 e. The molecular weight excluding hydrogens is 494 g/mol. The summed E-state index contributed by atoms with van der Waals surface area (Å²) in [5, 5.41) is 0.581. The number of carbonyl (C=O) groups excluding carboxylic acids is 1. The molecule has 186 valence electrons. The van der Waals surface area contributed by atoms with Crippen molar-refractivity contribution in [2.45, 2.75) is 39.7 Å². The second kappa shape index (κ2) is 10.1. The van der Waals surface area contributed by atoms with Crippen LogP contribution >= 0.6 is 22.9 Å².